The Kier molecular flexibility index (Phi) is 6.25. The summed E-state index contributed by atoms with van der Waals surface area (Å²) in [5, 5.41) is 0. The van der Waals surface area contributed by atoms with Gasteiger partial charge in [-0.15, -0.1) is 0 Å². The van der Waals surface area contributed by atoms with E-state index < -0.39 is 10.8 Å². The van der Waals surface area contributed by atoms with Crippen molar-refractivity contribution in [2.75, 3.05) is 11.5 Å². The number of Topliss-reactive ketones (excluding diaryl/α,β-unsaturated/α-hetero) is 1. The van der Waals surface area contributed by atoms with Gasteiger partial charge >= 0.3 is 0 Å². The second kappa shape index (κ2) is 6.35. The molecule has 0 spiro atoms. The molecule has 0 aliphatic rings. The smallest absolute Gasteiger partial charge is 0.130 e. The highest BCUT2D eigenvalue weighted by Crippen LogP contribution is 2.03. The molecule has 0 fully saturated rings. The quantitative estimate of drug-likeness (QED) is 0.639. The van der Waals surface area contributed by atoms with Crippen molar-refractivity contribution in [1.82, 2.24) is 0 Å². The number of hydrogen-bond donors (Lipinski definition) is 0. The Bertz CT molecular complexity index is 166. The van der Waals surface area contributed by atoms with Crippen LogP contribution in [-0.4, -0.2) is 21.5 Å². The minimum Gasteiger partial charge on any atom is -0.300 e. The molecular formula is C9H18O2S. The van der Waals surface area contributed by atoms with Crippen LogP contribution in [0.1, 0.15) is 33.6 Å². The molecule has 0 bridgehead atoms. The SMILES string of the molecule is CCC(C)CS(=O)CCC(C)=O. The van der Waals surface area contributed by atoms with Crippen molar-refractivity contribution in [1.29, 1.82) is 0 Å². The Balaban J connectivity index is 3.53. The number of ketones is 1. The van der Waals surface area contributed by atoms with E-state index in [9.17, 15) is 9.00 Å². The predicted octanol–water partition coefficient (Wildman–Crippen LogP) is 1.76. The molecule has 0 rings (SSSR count). The van der Waals surface area contributed by atoms with Crippen LogP contribution in [-0.2, 0) is 15.6 Å². The molecule has 72 valence electrons. The summed E-state index contributed by atoms with van der Waals surface area (Å²) in [6.07, 6.45) is 1.52. The van der Waals surface area contributed by atoms with Gasteiger partial charge in [-0.1, -0.05) is 20.3 Å². The molecular weight excluding hydrogens is 172 g/mol. The predicted molar refractivity (Wildman–Crippen MR) is 52.6 cm³/mol. The van der Waals surface area contributed by atoms with Gasteiger partial charge in [0, 0.05) is 28.7 Å². The van der Waals surface area contributed by atoms with E-state index in [4.69, 9.17) is 0 Å². The van der Waals surface area contributed by atoms with Crippen LogP contribution in [0.2, 0.25) is 0 Å². The van der Waals surface area contributed by atoms with Crippen molar-refractivity contribution in [2.24, 2.45) is 5.92 Å². The first-order valence-electron chi connectivity index (χ1n) is 4.40. The van der Waals surface area contributed by atoms with Crippen molar-refractivity contribution >= 4 is 16.6 Å². The van der Waals surface area contributed by atoms with E-state index in [1.165, 1.54) is 0 Å². The highest BCUT2D eigenvalue weighted by atomic mass is 32.2. The summed E-state index contributed by atoms with van der Waals surface area (Å²) in [6.45, 7) is 5.72. The largest absolute Gasteiger partial charge is 0.300 e. The molecule has 0 N–H and O–H groups in total. The van der Waals surface area contributed by atoms with Gasteiger partial charge in [-0.2, -0.15) is 0 Å². The zero-order chi connectivity index (χ0) is 9.56. The average Bonchev–Trinajstić information content (AvgIpc) is 2.00. The van der Waals surface area contributed by atoms with E-state index in [-0.39, 0.29) is 5.78 Å². The molecule has 0 heterocycles. The molecule has 0 aliphatic carbocycles. The summed E-state index contributed by atoms with van der Waals surface area (Å²) in [4.78, 5) is 10.6. The minimum absolute atomic E-state index is 0.132. The summed E-state index contributed by atoms with van der Waals surface area (Å²) in [7, 11) is -0.791. The molecule has 0 saturated carbocycles. The van der Waals surface area contributed by atoms with E-state index >= 15 is 0 Å². The maximum atomic E-state index is 11.3. The molecule has 0 amide bonds. The molecule has 2 atom stereocenters. The van der Waals surface area contributed by atoms with Gasteiger partial charge in [-0.25, -0.2) is 0 Å². The lowest BCUT2D eigenvalue weighted by Gasteiger charge is -2.06. The van der Waals surface area contributed by atoms with Crippen LogP contribution in [0.4, 0.5) is 0 Å². The van der Waals surface area contributed by atoms with E-state index in [1.54, 1.807) is 6.92 Å². The third-order valence-electron chi connectivity index (χ3n) is 1.85. The van der Waals surface area contributed by atoms with Crippen LogP contribution in [0.5, 0.6) is 0 Å². The molecule has 0 aromatic rings. The lowest BCUT2D eigenvalue weighted by atomic mass is 10.2. The monoisotopic (exact) mass is 190 g/mol. The Morgan fingerprint density at radius 3 is 2.50 bits per heavy atom. The van der Waals surface area contributed by atoms with Crippen LogP contribution in [0.15, 0.2) is 0 Å². The zero-order valence-corrected chi connectivity index (χ0v) is 8.95. The molecule has 0 aromatic heterocycles. The summed E-state index contributed by atoms with van der Waals surface area (Å²) >= 11 is 0. The van der Waals surface area contributed by atoms with Crippen molar-refractivity contribution in [2.45, 2.75) is 33.6 Å². The van der Waals surface area contributed by atoms with E-state index in [0.29, 0.717) is 18.1 Å². The van der Waals surface area contributed by atoms with E-state index in [2.05, 4.69) is 13.8 Å². The van der Waals surface area contributed by atoms with Crippen molar-refractivity contribution in [3.8, 4) is 0 Å². The molecule has 2 unspecified atom stereocenters. The van der Waals surface area contributed by atoms with Gasteiger partial charge in [0.15, 0.2) is 0 Å². The van der Waals surface area contributed by atoms with E-state index in [1.807, 2.05) is 0 Å². The highest BCUT2D eigenvalue weighted by Gasteiger charge is 2.06. The first-order chi connectivity index (χ1) is 5.56. The Morgan fingerprint density at radius 2 is 2.08 bits per heavy atom. The fourth-order valence-electron chi connectivity index (χ4n) is 0.776. The van der Waals surface area contributed by atoms with Gasteiger partial charge in [0.2, 0.25) is 0 Å². The highest BCUT2D eigenvalue weighted by molar-refractivity contribution is 7.85. The van der Waals surface area contributed by atoms with Gasteiger partial charge < -0.3 is 0 Å². The molecule has 0 aromatic carbocycles. The van der Waals surface area contributed by atoms with Gasteiger partial charge in [0.25, 0.3) is 0 Å². The maximum Gasteiger partial charge on any atom is 0.130 e. The molecule has 0 saturated heterocycles. The molecule has 0 aliphatic heterocycles. The summed E-state index contributed by atoms with van der Waals surface area (Å²) < 4.78 is 11.3. The lowest BCUT2D eigenvalue weighted by molar-refractivity contribution is -0.116. The first kappa shape index (κ1) is 11.8. The van der Waals surface area contributed by atoms with Gasteiger partial charge in [-0.3, -0.25) is 9.00 Å². The summed E-state index contributed by atoms with van der Waals surface area (Å²) in [5.41, 5.74) is 0. The number of rotatable bonds is 6. The van der Waals surface area contributed by atoms with Crippen molar-refractivity contribution < 1.29 is 9.00 Å². The normalized spacial score (nSPS) is 15.6. The minimum atomic E-state index is -0.791. The summed E-state index contributed by atoms with van der Waals surface area (Å²) in [6, 6.07) is 0. The molecule has 3 heteroatoms. The van der Waals surface area contributed by atoms with Crippen LogP contribution in [0.3, 0.4) is 0 Å². The van der Waals surface area contributed by atoms with Crippen LogP contribution >= 0.6 is 0 Å². The third-order valence-corrected chi connectivity index (χ3v) is 3.45. The van der Waals surface area contributed by atoms with Crippen LogP contribution in [0.25, 0.3) is 0 Å². The standard InChI is InChI=1S/C9H18O2S/c1-4-8(2)7-12(11)6-5-9(3)10/h8H,4-7H2,1-3H3. The molecule has 2 nitrogen and oxygen atoms in total. The zero-order valence-electron chi connectivity index (χ0n) is 8.13. The number of hydrogen-bond acceptors (Lipinski definition) is 2. The fraction of sp³-hybridized carbons (Fsp3) is 0.889. The topological polar surface area (TPSA) is 34.1 Å². The Labute approximate surface area is 77.2 Å². The Hall–Kier alpha value is -0.180. The number of carbonyl (C=O) groups excluding carboxylic acids is 1. The lowest BCUT2D eigenvalue weighted by Crippen LogP contribution is -2.11. The second-order valence-corrected chi connectivity index (χ2v) is 4.90. The van der Waals surface area contributed by atoms with Gasteiger partial charge in [-0.05, 0) is 12.8 Å². The number of carbonyl (C=O) groups is 1. The fourth-order valence-corrected chi connectivity index (χ4v) is 2.33. The molecule has 0 radical (unpaired) electrons. The Morgan fingerprint density at radius 1 is 1.50 bits per heavy atom. The average molecular weight is 190 g/mol. The summed E-state index contributed by atoms with van der Waals surface area (Å²) in [5.74, 6) is 1.92. The van der Waals surface area contributed by atoms with E-state index in [0.717, 1.165) is 12.2 Å². The van der Waals surface area contributed by atoms with Crippen molar-refractivity contribution in [3.63, 3.8) is 0 Å². The van der Waals surface area contributed by atoms with Gasteiger partial charge in [0.1, 0.15) is 5.78 Å². The van der Waals surface area contributed by atoms with Gasteiger partial charge in [0.05, 0.1) is 0 Å². The maximum absolute atomic E-state index is 11.3. The third kappa shape index (κ3) is 6.53. The molecule has 12 heavy (non-hydrogen) atoms. The van der Waals surface area contributed by atoms with Crippen LogP contribution in [0, 0.1) is 5.92 Å². The first-order valence-corrected chi connectivity index (χ1v) is 5.89. The van der Waals surface area contributed by atoms with Crippen LogP contribution < -0.4 is 0 Å². The second-order valence-electron chi connectivity index (χ2n) is 3.28. The van der Waals surface area contributed by atoms with Crippen molar-refractivity contribution in [3.05, 3.63) is 0 Å².